The number of hydrogen-bond donors (Lipinski definition) is 2. The Morgan fingerprint density at radius 1 is 1.43 bits per heavy atom. The highest BCUT2D eigenvalue weighted by Crippen LogP contribution is 2.34. The van der Waals surface area contributed by atoms with Crippen LogP contribution in [0.3, 0.4) is 0 Å². The summed E-state index contributed by atoms with van der Waals surface area (Å²) in [7, 11) is 1.91. The summed E-state index contributed by atoms with van der Waals surface area (Å²) in [4.78, 5) is 0. The zero-order valence-corrected chi connectivity index (χ0v) is 8.75. The molecule has 2 nitrogen and oxygen atoms in total. The molecule has 1 aliphatic rings. The van der Waals surface area contributed by atoms with Crippen LogP contribution in [0, 0.1) is 0 Å². The zero-order chi connectivity index (χ0) is 10.2. The Morgan fingerprint density at radius 2 is 2.14 bits per heavy atom. The fourth-order valence-electron chi connectivity index (χ4n) is 2.43. The molecule has 0 amide bonds. The second kappa shape index (κ2) is 3.37. The predicted octanol–water partition coefficient (Wildman–Crippen LogP) is 1.43. The third-order valence-corrected chi connectivity index (χ3v) is 3.29. The summed E-state index contributed by atoms with van der Waals surface area (Å²) in [6, 6.07) is 8.33. The number of aryl methyl sites for hydroxylation is 1. The number of benzene rings is 1. The summed E-state index contributed by atoms with van der Waals surface area (Å²) in [5, 5.41) is 13.6. The van der Waals surface area contributed by atoms with E-state index in [1.54, 1.807) is 0 Å². The molecule has 2 rings (SSSR count). The van der Waals surface area contributed by atoms with Crippen LogP contribution in [0.25, 0.3) is 0 Å². The molecule has 0 aliphatic heterocycles. The maximum absolute atomic E-state index is 10.4. The second-order valence-corrected chi connectivity index (χ2v) is 4.18. The number of likely N-dealkylation sites (N-methyl/N-ethyl adjacent to an activating group) is 1. The molecule has 2 unspecified atom stereocenters. The monoisotopic (exact) mass is 191 g/mol. The number of fused-ring (bicyclic) bond motifs is 1. The number of hydrogen-bond acceptors (Lipinski definition) is 2. The van der Waals surface area contributed by atoms with Crippen LogP contribution in [0.4, 0.5) is 0 Å². The van der Waals surface area contributed by atoms with Crippen LogP contribution in [-0.2, 0) is 12.0 Å². The first kappa shape index (κ1) is 9.69. The Morgan fingerprint density at radius 3 is 2.86 bits per heavy atom. The molecule has 0 radical (unpaired) electrons. The van der Waals surface area contributed by atoms with Crippen LogP contribution in [0.15, 0.2) is 24.3 Å². The fraction of sp³-hybridized carbons (Fsp3) is 0.500. The van der Waals surface area contributed by atoms with Crippen molar-refractivity contribution in [2.75, 3.05) is 7.05 Å². The molecule has 0 saturated carbocycles. The average Bonchev–Trinajstić information content (AvgIpc) is 2.18. The minimum atomic E-state index is -0.733. The van der Waals surface area contributed by atoms with E-state index in [9.17, 15) is 5.11 Å². The normalized spacial score (nSPS) is 31.2. The van der Waals surface area contributed by atoms with Crippen molar-refractivity contribution in [1.82, 2.24) is 5.32 Å². The highest BCUT2D eigenvalue weighted by molar-refractivity contribution is 5.35. The molecule has 2 N–H and O–H groups in total. The van der Waals surface area contributed by atoms with Gasteiger partial charge in [0.15, 0.2) is 0 Å². The van der Waals surface area contributed by atoms with E-state index in [2.05, 4.69) is 11.4 Å². The summed E-state index contributed by atoms with van der Waals surface area (Å²) in [5.74, 6) is 0. The lowest BCUT2D eigenvalue weighted by atomic mass is 9.77. The molecule has 1 aliphatic carbocycles. The standard InChI is InChI=1S/C12H17NO/c1-12(14)10-6-4-3-5-9(10)7-8-11(12)13-2/h3-6,11,13-14H,7-8H2,1-2H3. The molecule has 1 aromatic rings. The SMILES string of the molecule is CNC1CCc2ccccc2C1(C)O. The maximum atomic E-state index is 10.4. The lowest BCUT2D eigenvalue weighted by molar-refractivity contribution is 0.00748. The first-order valence-electron chi connectivity index (χ1n) is 5.14. The van der Waals surface area contributed by atoms with Gasteiger partial charge in [0.25, 0.3) is 0 Å². The third kappa shape index (κ3) is 1.35. The molecule has 0 spiro atoms. The molecule has 0 heterocycles. The molecule has 2 atom stereocenters. The van der Waals surface area contributed by atoms with Crippen LogP contribution < -0.4 is 5.32 Å². The molecule has 76 valence electrons. The van der Waals surface area contributed by atoms with Crippen LogP contribution in [0.5, 0.6) is 0 Å². The largest absolute Gasteiger partial charge is 0.384 e. The molecule has 1 aromatic carbocycles. The van der Waals surface area contributed by atoms with Crippen LogP contribution in [0.2, 0.25) is 0 Å². The van der Waals surface area contributed by atoms with Crippen molar-refractivity contribution in [3.8, 4) is 0 Å². The van der Waals surface area contributed by atoms with Gasteiger partial charge in [-0.05, 0) is 37.9 Å². The molecular formula is C12H17NO. The van der Waals surface area contributed by atoms with Gasteiger partial charge in [0, 0.05) is 6.04 Å². The third-order valence-electron chi connectivity index (χ3n) is 3.29. The van der Waals surface area contributed by atoms with Gasteiger partial charge in [0.1, 0.15) is 5.60 Å². The average molecular weight is 191 g/mol. The highest BCUT2D eigenvalue weighted by Gasteiger charge is 2.37. The quantitative estimate of drug-likeness (QED) is 0.704. The number of nitrogens with one attached hydrogen (secondary N) is 1. The Bertz CT molecular complexity index is 333. The van der Waals surface area contributed by atoms with Gasteiger partial charge >= 0.3 is 0 Å². The minimum Gasteiger partial charge on any atom is -0.384 e. The van der Waals surface area contributed by atoms with E-state index in [0.29, 0.717) is 0 Å². The smallest absolute Gasteiger partial charge is 0.102 e. The Balaban J connectivity index is 2.46. The fourth-order valence-corrected chi connectivity index (χ4v) is 2.43. The second-order valence-electron chi connectivity index (χ2n) is 4.18. The summed E-state index contributed by atoms with van der Waals surface area (Å²) in [5.41, 5.74) is 1.62. The molecule has 0 bridgehead atoms. The van der Waals surface area contributed by atoms with Crippen LogP contribution in [0.1, 0.15) is 24.5 Å². The summed E-state index contributed by atoms with van der Waals surface area (Å²) in [6.07, 6.45) is 2.05. The van der Waals surface area contributed by atoms with Gasteiger partial charge in [-0.15, -0.1) is 0 Å². The molecule has 0 saturated heterocycles. The number of aliphatic hydroxyl groups is 1. The molecule has 14 heavy (non-hydrogen) atoms. The molecule has 0 fully saturated rings. The number of rotatable bonds is 1. The van der Waals surface area contributed by atoms with E-state index in [1.165, 1.54) is 5.56 Å². The Labute approximate surface area is 85.0 Å². The summed E-state index contributed by atoms with van der Waals surface area (Å²) >= 11 is 0. The van der Waals surface area contributed by atoms with Crippen molar-refractivity contribution in [3.63, 3.8) is 0 Å². The van der Waals surface area contributed by atoms with Gasteiger partial charge < -0.3 is 10.4 Å². The maximum Gasteiger partial charge on any atom is 0.102 e. The minimum absolute atomic E-state index is 0.164. The van der Waals surface area contributed by atoms with Crippen LogP contribution in [-0.4, -0.2) is 18.2 Å². The van der Waals surface area contributed by atoms with Crippen molar-refractivity contribution in [1.29, 1.82) is 0 Å². The topological polar surface area (TPSA) is 32.3 Å². The summed E-state index contributed by atoms with van der Waals surface area (Å²) < 4.78 is 0. The lowest BCUT2D eigenvalue weighted by Crippen LogP contribution is -2.48. The van der Waals surface area contributed by atoms with E-state index in [1.807, 2.05) is 32.2 Å². The van der Waals surface area contributed by atoms with Gasteiger partial charge in [0.05, 0.1) is 0 Å². The predicted molar refractivity (Wildman–Crippen MR) is 57.2 cm³/mol. The first-order chi connectivity index (χ1) is 6.66. The van der Waals surface area contributed by atoms with Crippen molar-refractivity contribution < 1.29 is 5.11 Å². The van der Waals surface area contributed by atoms with Gasteiger partial charge in [-0.1, -0.05) is 24.3 Å². The van der Waals surface area contributed by atoms with Crippen molar-refractivity contribution in [2.24, 2.45) is 0 Å². The Hall–Kier alpha value is -0.860. The summed E-state index contributed by atoms with van der Waals surface area (Å²) in [6.45, 7) is 1.90. The first-order valence-corrected chi connectivity index (χ1v) is 5.14. The molecule has 2 heteroatoms. The van der Waals surface area contributed by atoms with Crippen molar-refractivity contribution in [3.05, 3.63) is 35.4 Å². The van der Waals surface area contributed by atoms with E-state index in [4.69, 9.17) is 0 Å². The van der Waals surface area contributed by atoms with E-state index in [0.717, 1.165) is 18.4 Å². The lowest BCUT2D eigenvalue weighted by Gasteiger charge is -2.38. The van der Waals surface area contributed by atoms with Gasteiger partial charge in [-0.2, -0.15) is 0 Å². The van der Waals surface area contributed by atoms with Gasteiger partial charge in [-0.25, -0.2) is 0 Å². The van der Waals surface area contributed by atoms with Crippen LogP contribution >= 0.6 is 0 Å². The van der Waals surface area contributed by atoms with Gasteiger partial charge in [0.2, 0.25) is 0 Å². The van der Waals surface area contributed by atoms with Crippen molar-refractivity contribution >= 4 is 0 Å². The van der Waals surface area contributed by atoms with E-state index in [-0.39, 0.29) is 6.04 Å². The van der Waals surface area contributed by atoms with Gasteiger partial charge in [-0.3, -0.25) is 0 Å². The van der Waals surface area contributed by atoms with E-state index < -0.39 is 5.60 Å². The zero-order valence-electron chi connectivity index (χ0n) is 8.75. The molecular weight excluding hydrogens is 174 g/mol. The van der Waals surface area contributed by atoms with Crippen molar-refractivity contribution in [2.45, 2.75) is 31.4 Å². The Kier molecular flexibility index (Phi) is 2.33. The molecule has 0 aromatic heterocycles. The van der Waals surface area contributed by atoms with E-state index >= 15 is 0 Å². The highest BCUT2D eigenvalue weighted by atomic mass is 16.3.